The minimum Gasteiger partial charge on any atom is -0.456 e. The van der Waals surface area contributed by atoms with Crippen LogP contribution in [-0.4, -0.2) is 19.1 Å². The van der Waals surface area contributed by atoms with Crippen molar-refractivity contribution in [2.24, 2.45) is 0 Å². The first-order valence-corrected chi connectivity index (χ1v) is 15.0. The molecule has 220 valence electrons. The average molecular weight is 585 g/mol. The Labute approximate surface area is 256 Å². The number of nitrogens with zero attached hydrogens (tertiary/aromatic N) is 1. The van der Waals surface area contributed by atoms with Gasteiger partial charge in [0.15, 0.2) is 11.8 Å². The highest BCUT2D eigenvalue weighted by atomic mass is 19.1. The van der Waals surface area contributed by atoms with Gasteiger partial charge in [0.1, 0.15) is 11.5 Å². The number of esters is 1. The molecule has 2 aliphatic heterocycles. The van der Waals surface area contributed by atoms with Gasteiger partial charge in [0.05, 0.1) is 5.56 Å². The molecule has 1 N–H and O–H groups in total. The quantitative estimate of drug-likeness (QED) is 0.193. The lowest BCUT2D eigenvalue weighted by Crippen LogP contribution is -2.33. The van der Waals surface area contributed by atoms with Crippen molar-refractivity contribution in [1.29, 1.82) is 0 Å². The van der Waals surface area contributed by atoms with Crippen LogP contribution in [0.25, 0.3) is 0 Å². The fraction of sp³-hybridized carbons (Fsp3) is 0.184. The van der Waals surface area contributed by atoms with Gasteiger partial charge in [-0.3, -0.25) is 0 Å². The van der Waals surface area contributed by atoms with Crippen molar-refractivity contribution in [3.63, 3.8) is 0 Å². The molecule has 2 unspecified atom stereocenters. The largest absolute Gasteiger partial charge is 0.456 e. The summed E-state index contributed by atoms with van der Waals surface area (Å²) in [6, 6.07) is 34.4. The van der Waals surface area contributed by atoms with Crippen molar-refractivity contribution in [3.05, 3.63) is 148 Å². The van der Waals surface area contributed by atoms with E-state index >= 15 is 4.39 Å². The number of fused-ring (bicyclic) bond motifs is 6. The van der Waals surface area contributed by atoms with Gasteiger partial charge in [0.25, 0.3) is 0 Å². The van der Waals surface area contributed by atoms with E-state index in [4.69, 9.17) is 9.47 Å². The molecule has 7 rings (SSSR count). The molecular formula is C38H33FN2O3. The molecule has 0 bridgehead atoms. The van der Waals surface area contributed by atoms with Crippen molar-refractivity contribution in [3.8, 4) is 11.5 Å². The highest BCUT2D eigenvalue weighted by molar-refractivity contribution is 5.97. The van der Waals surface area contributed by atoms with Gasteiger partial charge in [-0.15, -0.1) is 0 Å². The van der Waals surface area contributed by atoms with E-state index in [9.17, 15) is 4.79 Å². The smallest absolute Gasteiger partial charge is 0.340 e. The van der Waals surface area contributed by atoms with Crippen LogP contribution in [0.5, 0.6) is 11.5 Å². The van der Waals surface area contributed by atoms with Gasteiger partial charge in [-0.2, -0.15) is 0 Å². The second-order valence-electron chi connectivity index (χ2n) is 11.2. The van der Waals surface area contributed by atoms with Crippen molar-refractivity contribution in [2.45, 2.75) is 32.5 Å². The molecule has 0 aliphatic carbocycles. The minimum absolute atomic E-state index is 0.355. The monoisotopic (exact) mass is 584 g/mol. The lowest BCUT2D eigenvalue weighted by Gasteiger charge is -2.37. The molecule has 6 heteroatoms. The molecule has 2 heterocycles. The molecule has 5 aromatic carbocycles. The third-order valence-electron chi connectivity index (χ3n) is 8.78. The Bertz CT molecular complexity index is 1880. The summed E-state index contributed by atoms with van der Waals surface area (Å²) in [5, 5.41) is 3.43. The summed E-state index contributed by atoms with van der Waals surface area (Å²) in [6.07, 6.45) is -1.20. The number of hydrogen-bond donors (Lipinski definition) is 1. The molecule has 0 saturated carbocycles. The van der Waals surface area contributed by atoms with E-state index in [0.29, 0.717) is 28.2 Å². The number of anilines is 3. The maximum Gasteiger partial charge on any atom is 0.340 e. The second kappa shape index (κ2) is 10.9. The molecule has 5 aromatic rings. The Hall–Kier alpha value is -5.10. The van der Waals surface area contributed by atoms with E-state index in [2.05, 4.69) is 30.1 Å². The first kappa shape index (κ1) is 27.7. The van der Waals surface area contributed by atoms with E-state index in [1.54, 1.807) is 0 Å². The number of benzene rings is 5. The zero-order valence-electron chi connectivity index (χ0n) is 24.9. The Morgan fingerprint density at radius 1 is 0.773 bits per heavy atom. The standard InChI is InChI=1S/C38H33FN2O3/c1-4-41(5-2)28-19-21-33-35(23-28)43-34-22-27(18-20-32(34)38(33)31-13-9-8-12-30(31)37(42)44-38)40-26-16-14-25(15-17-26)36(39)29-11-7-6-10-24(29)3/h6-23,36,40H,4-5H2,1-3H3. The summed E-state index contributed by atoms with van der Waals surface area (Å²) < 4.78 is 28.2. The van der Waals surface area contributed by atoms with Crippen LogP contribution in [0, 0.1) is 6.92 Å². The first-order valence-electron chi connectivity index (χ1n) is 15.0. The number of halogens is 1. The zero-order chi connectivity index (χ0) is 30.4. The summed E-state index contributed by atoms with van der Waals surface area (Å²) in [6.45, 7) is 7.88. The highest BCUT2D eigenvalue weighted by Crippen LogP contribution is 2.57. The van der Waals surface area contributed by atoms with Gasteiger partial charge in [0.2, 0.25) is 0 Å². The Morgan fingerprint density at radius 3 is 2.18 bits per heavy atom. The van der Waals surface area contributed by atoms with E-state index in [0.717, 1.165) is 52.4 Å². The fourth-order valence-corrected chi connectivity index (χ4v) is 6.48. The van der Waals surface area contributed by atoms with Crippen LogP contribution in [0.2, 0.25) is 0 Å². The van der Waals surface area contributed by atoms with E-state index in [-0.39, 0.29) is 5.97 Å². The van der Waals surface area contributed by atoms with Crippen molar-refractivity contribution >= 4 is 23.0 Å². The van der Waals surface area contributed by atoms with Crippen LogP contribution in [-0.2, 0) is 10.3 Å². The first-order chi connectivity index (χ1) is 21.4. The van der Waals surface area contributed by atoms with Crippen molar-refractivity contribution in [2.75, 3.05) is 23.3 Å². The van der Waals surface area contributed by atoms with Crippen molar-refractivity contribution < 1.29 is 18.7 Å². The molecule has 2 aliphatic rings. The number of ether oxygens (including phenoxy) is 2. The topological polar surface area (TPSA) is 50.8 Å². The second-order valence-corrected chi connectivity index (χ2v) is 11.2. The zero-order valence-corrected chi connectivity index (χ0v) is 24.9. The number of carbonyl (C=O) groups is 1. The van der Waals surface area contributed by atoms with Crippen LogP contribution in [0.15, 0.2) is 109 Å². The van der Waals surface area contributed by atoms with Gasteiger partial charge in [0, 0.05) is 59.0 Å². The predicted molar refractivity (Wildman–Crippen MR) is 172 cm³/mol. The third-order valence-corrected chi connectivity index (χ3v) is 8.78. The molecule has 0 saturated heterocycles. The Kier molecular flexibility index (Phi) is 6.85. The van der Waals surface area contributed by atoms with Gasteiger partial charge >= 0.3 is 5.97 Å². The van der Waals surface area contributed by atoms with Gasteiger partial charge in [-0.25, -0.2) is 9.18 Å². The van der Waals surface area contributed by atoms with E-state index in [1.165, 1.54) is 0 Å². The highest BCUT2D eigenvalue weighted by Gasteiger charge is 2.53. The SMILES string of the molecule is CCN(CC)c1ccc2c(c1)Oc1cc(Nc3ccc(C(F)c4ccccc4C)cc3)ccc1C21OC(=O)c2ccccc21. The maximum absolute atomic E-state index is 15.3. The summed E-state index contributed by atoms with van der Waals surface area (Å²) in [4.78, 5) is 15.5. The van der Waals surface area contributed by atoms with E-state index < -0.39 is 11.8 Å². The van der Waals surface area contributed by atoms with Gasteiger partial charge in [-0.1, -0.05) is 54.6 Å². The average Bonchev–Trinajstić information content (AvgIpc) is 3.34. The molecule has 0 radical (unpaired) electrons. The number of hydrogen-bond acceptors (Lipinski definition) is 5. The molecule has 0 aromatic heterocycles. The third kappa shape index (κ3) is 4.41. The molecule has 0 fully saturated rings. The summed E-state index contributed by atoms with van der Waals surface area (Å²) in [7, 11) is 0. The Morgan fingerprint density at radius 2 is 1.43 bits per heavy atom. The lowest BCUT2D eigenvalue weighted by atomic mass is 9.77. The molecular weight excluding hydrogens is 551 g/mol. The number of alkyl halides is 1. The van der Waals surface area contributed by atoms with Crippen LogP contribution >= 0.6 is 0 Å². The number of nitrogens with one attached hydrogen (secondary N) is 1. The Balaban J connectivity index is 1.26. The van der Waals surface area contributed by atoms with Crippen LogP contribution in [0.3, 0.4) is 0 Å². The summed E-state index contributed by atoms with van der Waals surface area (Å²) in [5.74, 6) is 0.896. The van der Waals surface area contributed by atoms with Gasteiger partial charge < -0.3 is 19.7 Å². The molecule has 0 amide bonds. The van der Waals surface area contributed by atoms with Crippen LogP contribution in [0.1, 0.15) is 63.8 Å². The summed E-state index contributed by atoms with van der Waals surface area (Å²) >= 11 is 0. The maximum atomic E-state index is 15.3. The summed E-state index contributed by atoms with van der Waals surface area (Å²) in [5.41, 5.74) is 6.65. The van der Waals surface area contributed by atoms with Crippen LogP contribution < -0.4 is 15.0 Å². The van der Waals surface area contributed by atoms with E-state index in [1.807, 2.05) is 110 Å². The van der Waals surface area contributed by atoms with Gasteiger partial charge in [-0.05, 0) is 79.9 Å². The molecule has 2 atom stereocenters. The minimum atomic E-state index is -1.20. The van der Waals surface area contributed by atoms with Crippen molar-refractivity contribution in [1.82, 2.24) is 0 Å². The molecule has 1 spiro atoms. The molecule has 44 heavy (non-hydrogen) atoms. The number of carbonyl (C=O) groups excluding carboxylic acids is 1. The normalized spacial score (nSPS) is 16.8. The van der Waals surface area contributed by atoms with Crippen LogP contribution in [0.4, 0.5) is 21.5 Å². The number of rotatable bonds is 7. The lowest BCUT2D eigenvalue weighted by molar-refractivity contribution is 0.0224. The number of aryl methyl sites for hydroxylation is 1. The predicted octanol–water partition coefficient (Wildman–Crippen LogP) is 9.21. The fourth-order valence-electron chi connectivity index (χ4n) is 6.48. The molecule has 5 nitrogen and oxygen atoms in total.